The maximum atomic E-state index is 12.7. The van der Waals surface area contributed by atoms with E-state index in [9.17, 15) is 33.0 Å². The molecule has 0 saturated carbocycles. The highest BCUT2D eigenvalue weighted by molar-refractivity contribution is 6.33. The first-order valence-corrected chi connectivity index (χ1v) is 9.38. The minimum absolute atomic E-state index is 0.141. The zero-order chi connectivity index (χ0) is 22.8. The number of pyridine rings is 1. The van der Waals surface area contributed by atoms with Crippen molar-refractivity contribution in [3.05, 3.63) is 46.6 Å². The number of nitrogens with zero attached hydrogens (tertiary/aromatic N) is 3. The highest BCUT2D eigenvalue weighted by Gasteiger charge is 2.32. The number of benzene rings is 1. The normalized spacial score (nSPS) is 14.5. The van der Waals surface area contributed by atoms with Crippen LogP contribution in [0.15, 0.2) is 30.5 Å². The molecule has 0 unspecified atom stereocenters. The lowest BCUT2D eigenvalue weighted by atomic mass is 10.2. The van der Waals surface area contributed by atoms with E-state index in [1.54, 1.807) is 4.90 Å². The van der Waals surface area contributed by atoms with Gasteiger partial charge in [0.2, 0.25) is 0 Å². The van der Waals surface area contributed by atoms with Crippen LogP contribution < -0.4 is 4.90 Å². The SMILES string of the molecule is O=C(OCC(=O)N1CCN(c2ncc(C(F)(F)F)cc2Cl)CC1)c1ccc(O)cc1O. The van der Waals surface area contributed by atoms with E-state index in [0.29, 0.717) is 6.20 Å². The largest absolute Gasteiger partial charge is 0.508 e. The molecule has 2 N–H and O–H groups in total. The summed E-state index contributed by atoms with van der Waals surface area (Å²) in [5.74, 6) is -1.92. The van der Waals surface area contributed by atoms with Gasteiger partial charge in [0.05, 0.1) is 10.6 Å². The zero-order valence-electron chi connectivity index (χ0n) is 15.9. The van der Waals surface area contributed by atoms with Crippen LogP contribution in [0.25, 0.3) is 0 Å². The number of halogens is 4. The van der Waals surface area contributed by atoms with Crippen LogP contribution in [0, 0.1) is 0 Å². The Morgan fingerprint density at radius 1 is 1.13 bits per heavy atom. The third-order valence-corrected chi connectivity index (χ3v) is 4.89. The van der Waals surface area contributed by atoms with Crippen LogP contribution in [0.4, 0.5) is 19.0 Å². The summed E-state index contributed by atoms with van der Waals surface area (Å²) in [5, 5.41) is 18.8. The number of esters is 1. The Bertz CT molecular complexity index is 994. The highest BCUT2D eigenvalue weighted by Crippen LogP contribution is 2.33. The topological polar surface area (TPSA) is 103 Å². The molecule has 0 atom stereocenters. The molecule has 8 nitrogen and oxygen atoms in total. The van der Waals surface area contributed by atoms with E-state index in [1.807, 2.05) is 0 Å². The highest BCUT2D eigenvalue weighted by atomic mass is 35.5. The number of carbonyl (C=O) groups is 2. The van der Waals surface area contributed by atoms with Crippen molar-refractivity contribution in [1.82, 2.24) is 9.88 Å². The molecule has 31 heavy (non-hydrogen) atoms. The summed E-state index contributed by atoms with van der Waals surface area (Å²) in [6, 6.07) is 4.13. The Kier molecular flexibility index (Phi) is 6.44. The lowest BCUT2D eigenvalue weighted by molar-refractivity contribution is -0.138. The third-order valence-electron chi connectivity index (χ3n) is 4.61. The Labute approximate surface area is 179 Å². The van der Waals surface area contributed by atoms with Gasteiger partial charge in [-0.1, -0.05) is 11.6 Å². The number of aromatic nitrogens is 1. The van der Waals surface area contributed by atoms with E-state index >= 15 is 0 Å². The van der Waals surface area contributed by atoms with Gasteiger partial charge in [0.1, 0.15) is 22.9 Å². The van der Waals surface area contributed by atoms with Crippen molar-refractivity contribution in [3.63, 3.8) is 0 Å². The van der Waals surface area contributed by atoms with Gasteiger partial charge in [-0.15, -0.1) is 0 Å². The second-order valence-corrected chi connectivity index (χ2v) is 7.08. The molecule has 1 fully saturated rings. The number of phenols is 2. The predicted molar refractivity (Wildman–Crippen MR) is 103 cm³/mol. The third kappa shape index (κ3) is 5.29. The number of hydrogen-bond donors (Lipinski definition) is 2. The molecule has 0 spiro atoms. The second kappa shape index (κ2) is 8.88. The van der Waals surface area contributed by atoms with Crippen LogP contribution in [0.1, 0.15) is 15.9 Å². The fourth-order valence-electron chi connectivity index (χ4n) is 2.98. The number of anilines is 1. The van der Waals surface area contributed by atoms with Crippen LogP contribution in [0.5, 0.6) is 11.5 Å². The van der Waals surface area contributed by atoms with Gasteiger partial charge in [0.25, 0.3) is 5.91 Å². The van der Waals surface area contributed by atoms with E-state index in [4.69, 9.17) is 16.3 Å². The first-order valence-electron chi connectivity index (χ1n) is 9.01. The van der Waals surface area contributed by atoms with E-state index in [2.05, 4.69) is 4.98 Å². The summed E-state index contributed by atoms with van der Waals surface area (Å²) >= 11 is 5.95. The van der Waals surface area contributed by atoms with Gasteiger partial charge in [-0.3, -0.25) is 4.79 Å². The summed E-state index contributed by atoms with van der Waals surface area (Å²) in [4.78, 5) is 31.2. The van der Waals surface area contributed by atoms with Crippen molar-refractivity contribution in [2.24, 2.45) is 0 Å². The van der Waals surface area contributed by atoms with Gasteiger partial charge in [-0.2, -0.15) is 13.2 Å². The van der Waals surface area contributed by atoms with Crippen LogP contribution in [-0.2, 0) is 15.7 Å². The molecule has 1 aromatic carbocycles. The number of rotatable bonds is 4. The number of ether oxygens (including phenoxy) is 1. The van der Waals surface area contributed by atoms with Gasteiger partial charge >= 0.3 is 12.1 Å². The quantitative estimate of drug-likeness (QED) is 0.677. The average molecular weight is 460 g/mol. The minimum Gasteiger partial charge on any atom is -0.508 e. The molecule has 1 amide bonds. The van der Waals surface area contributed by atoms with Crippen LogP contribution in [-0.4, -0.2) is 64.8 Å². The number of alkyl halides is 3. The molecule has 3 rings (SSSR count). The molecular formula is C19H17ClF3N3O5. The van der Waals surface area contributed by atoms with E-state index in [0.717, 1.165) is 18.2 Å². The summed E-state index contributed by atoms with van der Waals surface area (Å²) in [6.45, 7) is 0.436. The number of piperazine rings is 1. The zero-order valence-corrected chi connectivity index (χ0v) is 16.7. The molecule has 1 aliphatic rings. The van der Waals surface area contributed by atoms with Crippen molar-refractivity contribution in [2.75, 3.05) is 37.7 Å². The lowest BCUT2D eigenvalue weighted by Gasteiger charge is -2.35. The molecule has 1 saturated heterocycles. The number of hydrogen-bond acceptors (Lipinski definition) is 7. The maximum Gasteiger partial charge on any atom is 0.417 e. The number of amides is 1. The molecule has 0 aliphatic carbocycles. The number of aromatic hydroxyl groups is 2. The molecule has 0 radical (unpaired) electrons. The van der Waals surface area contributed by atoms with Crippen molar-refractivity contribution in [3.8, 4) is 11.5 Å². The van der Waals surface area contributed by atoms with Crippen molar-refractivity contribution < 1.29 is 37.7 Å². The molecule has 2 aromatic rings. The van der Waals surface area contributed by atoms with Crippen LogP contribution in [0.2, 0.25) is 5.02 Å². The van der Waals surface area contributed by atoms with Gasteiger partial charge in [0, 0.05) is 38.4 Å². The van der Waals surface area contributed by atoms with Crippen LogP contribution in [0.3, 0.4) is 0 Å². The molecule has 2 heterocycles. The average Bonchev–Trinajstić information content (AvgIpc) is 2.71. The fourth-order valence-corrected chi connectivity index (χ4v) is 3.26. The fraction of sp³-hybridized carbons (Fsp3) is 0.316. The maximum absolute atomic E-state index is 12.7. The van der Waals surface area contributed by atoms with E-state index < -0.39 is 36.0 Å². The summed E-state index contributed by atoms with van der Waals surface area (Å²) < 4.78 is 43.1. The molecule has 12 heteroatoms. The van der Waals surface area contributed by atoms with Gasteiger partial charge in [-0.05, 0) is 18.2 Å². The number of carbonyl (C=O) groups excluding carboxylic acids is 2. The predicted octanol–water partition coefficient (Wildman–Crippen LogP) is 2.67. The smallest absolute Gasteiger partial charge is 0.417 e. The van der Waals surface area contributed by atoms with Gasteiger partial charge in [0.15, 0.2) is 6.61 Å². The van der Waals surface area contributed by atoms with Crippen LogP contribution >= 0.6 is 11.6 Å². The van der Waals surface area contributed by atoms with Crippen molar-refractivity contribution in [2.45, 2.75) is 6.18 Å². The Morgan fingerprint density at radius 2 is 1.81 bits per heavy atom. The van der Waals surface area contributed by atoms with E-state index in [-0.39, 0.29) is 48.3 Å². The molecular weight excluding hydrogens is 443 g/mol. The first kappa shape index (κ1) is 22.5. The van der Waals surface area contributed by atoms with Crippen molar-refractivity contribution in [1.29, 1.82) is 0 Å². The molecule has 166 valence electrons. The monoisotopic (exact) mass is 459 g/mol. The second-order valence-electron chi connectivity index (χ2n) is 6.67. The van der Waals surface area contributed by atoms with Gasteiger partial charge < -0.3 is 24.7 Å². The molecule has 1 aromatic heterocycles. The Hall–Kier alpha value is -3.21. The summed E-state index contributed by atoms with van der Waals surface area (Å²) in [5.41, 5.74) is -1.14. The first-order chi connectivity index (χ1) is 14.6. The Balaban J connectivity index is 1.53. The Morgan fingerprint density at radius 3 is 2.39 bits per heavy atom. The van der Waals surface area contributed by atoms with Crippen molar-refractivity contribution >= 4 is 29.3 Å². The standard InChI is InChI=1S/C19H17ClF3N3O5/c20-14-7-11(19(21,22)23)9-24-17(14)26-5-3-25(4-6-26)16(29)10-31-18(30)13-2-1-12(27)8-15(13)28/h1-2,7-9,27-28H,3-6,10H2. The minimum atomic E-state index is -4.55. The van der Waals surface area contributed by atoms with Gasteiger partial charge in [-0.25, -0.2) is 9.78 Å². The lowest BCUT2D eigenvalue weighted by Crippen LogP contribution is -2.50. The van der Waals surface area contributed by atoms with E-state index in [1.165, 1.54) is 11.0 Å². The number of phenolic OH excluding ortho intramolecular Hbond substituents is 2. The summed E-state index contributed by atoms with van der Waals surface area (Å²) in [6.07, 6.45) is -3.84. The molecule has 1 aliphatic heterocycles. The summed E-state index contributed by atoms with van der Waals surface area (Å²) in [7, 11) is 0. The molecule has 0 bridgehead atoms.